The first kappa shape index (κ1) is 19.9. The van der Waals surface area contributed by atoms with Crippen molar-refractivity contribution in [2.24, 2.45) is 4.99 Å². The molecule has 0 saturated carbocycles. The molecular formula is C19H26N4O2S. The van der Waals surface area contributed by atoms with Crippen LogP contribution in [-0.4, -0.2) is 37.8 Å². The van der Waals surface area contributed by atoms with Crippen LogP contribution in [0.3, 0.4) is 0 Å². The van der Waals surface area contributed by atoms with Gasteiger partial charge in [0.05, 0.1) is 12.8 Å². The molecule has 26 heavy (non-hydrogen) atoms. The average Bonchev–Trinajstić information content (AvgIpc) is 3.18. The van der Waals surface area contributed by atoms with Gasteiger partial charge in [0, 0.05) is 24.5 Å². The fourth-order valence-electron chi connectivity index (χ4n) is 2.34. The molecule has 0 spiro atoms. The molecule has 1 aromatic heterocycles. The van der Waals surface area contributed by atoms with E-state index in [2.05, 4.69) is 52.3 Å². The van der Waals surface area contributed by atoms with E-state index < -0.39 is 0 Å². The Labute approximate surface area is 158 Å². The number of benzene rings is 1. The summed E-state index contributed by atoms with van der Waals surface area (Å²) in [7, 11) is 0. The van der Waals surface area contributed by atoms with Gasteiger partial charge >= 0.3 is 0 Å². The molecule has 0 radical (unpaired) electrons. The first-order chi connectivity index (χ1) is 12.6. The molecule has 0 atom stereocenters. The predicted octanol–water partition coefficient (Wildman–Crippen LogP) is 2.80. The van der Waals surface area contributed by atoms with Crippen LogP contribution in [0.1, 0.15) is 28.6 Å². The van der Waals surface area contributed by atoms with Crippen molar-refractivity contribution in [3.63, 3.8) is 0 Å². The third kappa shape index (κ3) is 6.15. The van der Waals surface area contributed by atoms with Crippen LogP contribution >= 0.6 is 11.8 Å². The summed E-state index contributed by atoms with van der Waals surface area (Å²) < 4.78 is 5.06. The molecule has 1 aromatic carbocycles. The molecular weight excluding hydrogens is 348 g/mol. The fraction of sp³-hybridized carbons (Fsp3) is 0.368. The zero-order valence-corrected chi connectivity index (χ0v) is 16.3. The summed E-state index contributed by atoms with van der Waals surface area (Å²) in [6.45, 7) is 6.54. The standard InChI is InChI=1S/C19H26N4O2S/c1-4-20-19(22-10-9-21-18(24)16-6-5-11-25-16)23-13-15-8-7-14(2)12-17(15)26-3/h5-8,11-12H,4,9-10,13H2,1-3H3,(H,21,24)(H2,20,22,23). The van der Waals surface area contributed by atoms with Crippen molar-refractivity contribution in [3.8, 4) is 0 Å². The lowest BCUT2D eigenvalue weighted by Gasteiger charge is -2.12. The molecule has 0 saturated heterocycles. The van der Waals surface area contributed by atoms with Gasteiger partial charge in [-0.3, -0.25) is 4.79 Å². The molecule has 0 aliphatic rings. The zero-order valence-electron chi connectivity index (χ0n) is 15.5. The van der Waals surface area contributed by atoms with Crippen molar-refractivity contribution in [3.05, 3.63) is 53.5 Å². The molecule has 6 nitrogen and oxygen atoms in total. The van der Waals surface area contributed by atoms with E-state index in [1.165, 1.54) is 22.3 Å². The van der Waals surface area contributed by atoms with Gasteiger partial charge in [-0.25, -0.2) is 4.99 Å². The Morgan fingerprint density at radius 2 is 2.00 bits per heavy atom. The maximum absolute atomic E-state index is 11.8. The maximum atomic E-state index is 11.8. The van der Waals surface area contributed by atoms with E-state index >= 15 is 0 Å². The number of hydrogen-bond donors (Lipinski definition) is 3. The van der Waals surface area contributed by atoms with Crippen molar-refractivity contribution < 1.29 is 9.21 Å². The Hall–Kier alpha value is -2.41. The van der Waals surface area contributed by atoms with Crippen LogP contribution in [0, 0.1) is 6.92 Å². The molecule has 0 unspecified atom stereocenters. The van der Waals surface area contributed by atoms with E-state index in [1.807, 2.05) is 6.92 Å². The highest BCUT2D eigenvalue weighted by Crippen LogP contribution is 2.22. The molecule has 140 valence electrons. The lowest BCUT2D eigenvalue weighted by molar-refractivity contribution is 0.0926. The van der Waals surface area contributed by atoms with Crippen LogP contribution in [0.4, 0.5) is 0 Å². The minimum atomic E-state index is -0.219. The molecule has 2 aromatic rings. The molecule has 7 heteroatoms. The van der Waals surface area contributed by atoms with Crippen molar-refractivity contribution in [2.75, 3.05) is 25.9 Å². The lowest BCUT2D eigenvalue weighted by Crippen LogP contribution is -2.41. The minimum absolute atomic E-state index is 0.219. The molecule has 0 bridgehead atoms. The average molecular weight is 375 g/mol. The zero-order chi connectivity index (χ0) is 18.8. The van der Waals surface area contributed by atoms with Crippen LogP contribution in [0.5, 0.6) is 0 Å². The smallest absolute Gasteiger partial charge is 0.287 e. The van der Waals surface area contributed by atoms with Crippen LogP contribution in [0.15, 0.2) is 50.9 Å². The molecule has 0 fully saturated rings. The van der Waals surface area contributed by atoms with Gasteiger partial charge in [0.1, 0.15) is 0 Å². The number of carbonyl (C=O) groups is 1. The summed E-state index contributed by atoms with van der Waals surface area (Å²) in [5, 5.41) is 9.24. The van der Waals surface area contributed by atoms with Gasteiger partial charge < -0.3 is 20.4 Å². The number of furan rings is 1. The summed E-state index contributed by atoms with van der Waals surface area (Å²) in [5.41, 5.74) is 2.45. The summed E-state index contributed by atoms with van der Waals surface area (Å²) in [4.78, 5) is 17.7. The summed E-state index contributed by atoms with van der Waals surface area (Å²) in [6.07, 6.45) is 3.56. The largest absolute Gasteiger partial charge is 0.459 e. The normalized spacial score (nSPS) is 11.3. The number of rotatable bonds is 8. The van der Waals surface area contributed by atoms with Crippen molar-refractivity contribution in [1.29, 1.82) is 0 Å². The highest BCUT2D eigenvalue weighted by molar-refractivity contribution is 7.98. The summed E-state index contributed by atoms with van der Waals surface area (Å²) >= 11 is 1.73. The van der Waals surface area contributed by atoms with Crippen LogP contribution in [0.2, 0.25) is 0 Å². The van der Waals surface area contributed by atoms with Gasteiger partial charge in [0.2, 0.25) is 0 Å². The number of hydrogen-bond acceptors (Lipinski definition) is 4. The fourth-order valence-corrected chi connectivity index (χ4v) is 3.04. The first-order valence-corrected chi connectivity index (χ1v) is 9.84. The Bertz CT molecular complexity index is 729. The molecule has 1 amide bonds. The third-order valence-corrected chi connectivity index (χ3v) is 4.46. The second-order valence-electron chi connectivity index (χ2n) is 5.67. The predicted molar refractivity (Wildman–Crippen MR) is 107 cm³/mol. The van der Waals surface area contributed by atoms with Gasteiger partial charge in [-0.05, 0) is 49.4 Å². The topological polar surface area (TPSA) is 78.7 Å². The lowest BCUT2D eigenvalue weighted by atomic mass is 10.1. The highest BCUT2D eigenvalue weighted by Gasteiger charge is 2.07. The maximum Gasteiger partial charge on any atom is 0.287 e. The molecule has 1 heterocycles. The quantitative estimate of drug-likeness (QED) is 0.287. The number of nitrogens with zero attached hydrogens (tertiary/aromatic N) is 1. The second kappa shape index (κ2) is 10.6. The SMILES string of the molecule is CCNC(=NCc1ccc(C)cc1SC)NCCNC(=O)c1ccco1. The minimum Gasteiger partial charge on any atom is -0.459 e. The van der Waals surface area contributed by atoms with Crippen molar-refractivity contribution in [1.82, 2.24) is 16.0 Å². The number of guanidine groups is 1. The number of aryl methyl sites for hydroxylation is 1. The van der Waals surface area contributed by atoms with Gasteiger partial charge in [0.25, 0.3) is 5.91 Å². The number of amides is 1. The van der Waals surface area contributed by atoms with E-state index in [0.717, 1.165) is 12.5 Å². The highest BCUT2D eigenvalue weighted by atomic mass is 32.2. The van der Waals surface area contributed by atoms with Crippen LogP contribution in [-0.2, 0) is 6.54 Å². The van der Waals surface area contributed by atoms with Gasteiger partial charge in [-0.2, -0.15) is 0 Å². The Kier molecular flexibility index (Phi) is 8.08. The number of aliphatic imine (C=N–C) groups is 1. The molecule has 2 rings (SSSR count). The monoisotopic (exact) mass is 374 g/mol. The first-order valence-electron chi connectivity index (χ1n) is 8.61. The summed E-state index contributed by atoms with van der Waals surface area (Å²) in [6, 6.07) is 9.74. The van der Waals surface area contributed by atoms with E-state index in [0.29, 0.717) is 25.4 Å². The Morgan fingerprint density at radius 3 is 2.69 bits per heavy atom. The van der Waals surface area contributed by atoms with Crippen molar-refractivity contribution >= 4 is 23.6 Å². The van der Waals surface area contributed by atoms with E-state index in [9.17, 15) is 4.79 Å². The van der Waals surface area contributed by atoms with Gasteiger partial charge in [-0.1, -0.05) is 12.1 Å². The number of nitrogens with one attached hydrogen (secondary N) is 3. The number of thioether (sulfide) groups is 1. The molecule has 0 aliphatic carbocycles. The number of carbonyl (C=O) groups excluding carboxylic acids is 1. The van der Waals surface area contributed by atoms with E-state index in [4.69, 9.17) is 4.42 Å². The van der Waals surface area contributed by atoms with Crippen LogP contribution < -0.4 is 16.0 Å². The Balaban J connectivity index is 1.85. The van der Waals surface area contributed by atoms with E-state index in [-0.39, 0.29) is 5.91 Å². The summed E-state index contributed by atoms with van der Waals surface area (Å²) in [5.74, 6) is 0.824. The second-order valence-corrected chi connectivity index (χ2v) is 6.52. The van der Waals surface area contributed by atoms with Gasteiger partial charge in [0.15, 0.2) is 11.7 Å². The molecule has 3 N–H and O–H groups in total. The van der Waals surface area contributed by atoms with E-state index in [1.54, 1.807) is 23.9 Å². The van der Waals surface area contributed by atoms with Crippen LogP contribution in [0.25, 0.3) is 0 Å². The molecule has 0 aliphatic heterocycles. The van der Waals surface area contributed by atoms with Gasteiger partial charge in [-0.15, -0.1) is 11.8 Å². The third-order valence-electron chi connectivity index (χ3n) is 3.64. The van der Waals surface area contributed by atoms with Crippen molar-refractivity contribution in [2.45, 2.75) is 25.3 Å². The Morgan fingerprint density at radius 1 is 1.19 bits per heavy atom.